The lowest BCUT2D eigenvalue weighted by Gasteiger charge is -2.12. The first-order valence-corrected chi connectivity index (χ1v) is 5.04. The Kier molecular flexibility index (Phi) is 3.90. The Morgan fingerprint density at radius 1 is 1.46 bits per heavy atom. The van der Waals surface area contributed by atoms with Crippen LogP contribution in [0.2, 0.25) is 0 Å². The predicted octanol–water partition coefficient (Wildman–Crippen LogP) is 1.79. The first-order valence-electron chi connectivity index (χ1n) is 4.25. The Morgan fingerprint density at radius 3 is 2.62 bits per heavy atom. The molecule has 0 fully saturated rings. The fraction of sp³-hybridized carbons (Fsp3) is 0.400. The molecule has 0 spiro atoms. The molecule has 0 aliphatic heterocycles. The molecule has 1 atom stereocenters. The zero-order valence-electron chi connectivity index (χ0n) is 7.63. The molecular formula is C10H14BrNO. The van der Waals surface area contributed by atoms with E-state index in [4.69, 9.17) is 10.8 Å². The molecule has 1 rings (SSSR count). The zero-order valence-corrected chi connectivity index (χ0v) is 9.21. The topological polar surface area (TPSA) is 46.2 Å². The van der Waals surface area contributed by atoms with Crippen LogP contribution in [0.3, 0.4) is 0 Å². The van der Waals surface area contributed by atoms with Crippen LogP contribution in [-0.2, 0) is 0 Å². The smallest absolute Gasteiger partial charge is 0.0511 e. The largest absolute Gasteiger partial charge is 0.396 e. The molecule has 1 unspecified atom stereocenters. The summed E-state index contributed by atoms with van der Waals surface area (Å²) in [7, 11) is 0. The van der Waals surface area contributed by atoms with Crippen molar-refractivity contribution in [2.75, 3.05) is 13.2 Å². The van der Waals surface area contributed by atoms with Crippen LogP contribution in [0.4, 0.5) is 0 Å². The van der Waals surface area contributed by atoms with Crippen molar-refractivity contribution < 1.29 is 5.11 Å². The van der Waals surface area contributed by atoms with Gasteiger partial charge >= 0.3 is 0 Å². The number of aryl methyl sites for hydroxylation is 1. The van der Waals surface area contributed by atoms with Gasteiger partial charge in [0.25, 0.3) is 0 Å². The number of hydrogen-bond donors (Lipinski definition) is 2. The maximum Gasteiger partial charge on any atom is 0.0511 e. The first-order chi connectivity index (χ1) is 6.17. The summed E-state index contributed by atoms with van der Waals surface area (Å²) in [5, 5.41) is 9.07. The molecule has 0 saturated heterocycles. The SMILES string of the molecule is Cc1cc(Br)cc(C(CN)CO)c1. The number of hydrogen-bond acceptors (Lipinski definition) is 2. The molecule has 3 N–H and O–H groups in total. The highest BCUT2D eigenvalue weighted by Gasteiger charge is 2.08. The van der Waals surface area contributed by atoms with Gasteiger partial charge in [-0.05, 0) is 30.2 Å². The van der Waals surface area contributed by atoms with E-state index < -0.39 is 0 Å². The van der Waals surface area contributed by atoms with E-state index in [2.05, 4.69) is 22.0 Å². The molecule has 1 aromatic carbocycles. The molecule has 3 heteroatoms. The average Bonchev–Trinajstić information content (AvgIpc) is 2.04. The van der Waals surface area contributed by atoms with Gasteiger partial charge < -0.3 is 10.8 Å². The Bertz CT molecular complexity index is 264. The van der Waals surface area contributed by atoms with Crippen molar-refractivity contribution in [3.8, 4) is 0 Å². The van der Waals surface area contributed by atoms with E-state index in [0.717, 1.165) is 10.0 Å². The number of benzene rings is 1. The molecule has 0 amide bonds. The van der Waals surface area contributed by atoms with E-state index in [1.807, 2.05) is 19.1 Å². The van der Waals surface area contributed by atoms with Crippen LogP contribution < -0.4 is 5.73 Å². The molecule has 0 aliphatic rings. The van der Waals surface area contributed by atoms with Crippen molar-refractivity contribution in [1.82, 2.24) is 0 Å². The predicted molar refractivity (Wildman–Crippen MR) is 57.8 cm³/mol. The second-order valence-electron chi connectivity index (χ2n) is 3.18. The highest BCUT2D eigenvalue weighted by atomic mass is 79.9. The molecule has 1 aromatic rings. The van der Waals surface area contributed by atoms with Gasteiger partial charge in [-0.1, -0.05) is 22.0 Å². The highest BCUT2D eigenvalue weighted by molar-refractivity contribution is 9.10. The third kappa shape index (κ3) is 2.79. The van der Waals surface area contributed by atoms with Crippen molar-refractivity contribution in [2.45, 2.75) is 12.8 Å². The Labute approximate surface area is 86.9 Å². The average molecular weight is 244 g/mol. The fourth-order valence-corrected chi connectivity index (χ4v) is 1.94. The number of aliphatic hydroxyl groups is 1. The van der Waals surface area contributed by atoms with Crippen LogP contribution in [0.25, 0.3) is 0 Å². The van der Waals surface area contributed by atoms with Gasteiger partial charge in [0.15, 0.2) is 0 Å². The molecular weight excluding hydrogens is 230 g/mol. The van der Waals surface area contributed by atoms with E-state index in [0.29, 0.717) is 6.54 Å². The van der Waals surface area contributed by atoms with Gasteiger partial charge in [-0.25, -0.2) is 0 Å². The van der Waals surface area contributed by atoms with Crippen molar-refractivity contribution in [1.29, 1.82) is 0 Å². The summed E-state index contributed by atoms with van der Waals surface area (Å²) in [6.07, 6.45) is 0. The van der Waals surface area contributed by atoms with Crippen LogP contribution in [0, 0.1) is 6.92 Å². The number of rotatable bonds is 3. The van der Waals surface area contributed by atoms with Crippen LogP contribution in [0.1, 0.15) is 17.0 Å². The lowest BCUT2D eigenvalue weighted by molar-refractivity contribution is 0.268. The van der Waals surface area contributed by atoms with Crippen LogP contribution in [0.15, 0.2) is 22.7 Å². The van der Waals surface area contributed by atoms with Gasteiger partial charge in [0.1, 0.15) is 0 Å². The summed E-state index contributed by atoms with van der Waals surface area (Å²) >= 11 is 3.42. The maximum atomic E-state index is 9.07. The summed E-state index contributed by atoms with van der Waals surface area (Å²) in [4.78, 5) is 0. The first kappa shape index (κ1) is 10.7. The molecule has 13 heavy (non-hydrogen) atoms. The molecule has 2 nitrogen and oxygen atoms in total. The number of nitrogens with two attached hydrogens (primary N) is 1. The van der Waals surface area contributed by atoms with Gasteiger partial charge in [0.05, 0.1) is 6.61 Å². The van der Waals surface area contributed by atoms with E-state index in [-0.39, 0.29) is 12.5 Å². The van der Waals surface area contributed by atoms with Crippen LogP contribution in [0.5, 0.6) is 0 Å². The minimum Gasteiger partial charge on any atom is -0.396 e. The minimum absolute atomic E-state index is 0.0520. The monoisotopic (exact) mass is 243 g/mol. The summed E-state index contributed by atoms with van der Waals surface area (Å²) in [6.45, 7) is 2.61. The van der Waals surface area contributed by atoms with Gasteiger partial charge in [0.2, 0.25) is 0 Å². The third-order valence-electron chi connectivity index (χ3n) is 2.04. The van der Waals surface area contributed by atoms with Gasteiger partial charge in [-0.2, -0.15) is 0 Å². The highest BCUT2D eigenvalue weighted by Crippen LogP contribution is 2.21. The number of aliphatic hydroxyl groups excluding tert-OH is 1. The minimum atomic E-state index is 0.0520. The van der Waals surface area contributed by atoms with Crippen molar-refractivity contribution in [2.24, 2.45) is 5.73 Å². The Morgan fingerprint density at radius 2 is 2.15 bits per heavy atom. The Hall–Kier alpha value is -0.380. The van der Waals surface area contributed by atoms with Gasteiger partial charge in [-0.3, -0.25) is 0 Å². The summed E-state index contributed by atoms with van der Waals surface area (Å²) < 4.78 is 1.04. The Balaban J connectivity index is 2.99. The van der Waals surface area contributed by atoms with Crippen molar-refractivity contribution >= 4 is 15.9 Å². The van der Waals surface area contributed by atoms with Crippen LogP contribution in [-0.4, -0.2) is 18.3 Å². The number of halogens is 1. The van der Waals surface area contributed by atoms with Crippen LogP contribution >= 0.6 is 15.9 Å². The zero-order chi connectivity index (χ0) is 9.84. The third-order valence-corrected chi connectivity index (χ3v) is 2.50. The molecule has 0 saturated carbocycles. The molecule has 0 heterocycles. The quantitative estimate of drug-likeness (QED) is 0.851. The second kappa shape index (κ2) is 4.74. The molecule has 0 bridgehead atoms. The summed E-state index contributed by atoms with van der Waals surface area (Å²) in [5.41, 5.74) is 7.81. The van der Waals surface area contributed by atoms with E-state index >= 15 is 0 Å². The summed E-state index contributed by atoms with van der Waals surface area (Å²) in [5.74, 6) is 0.0520. The van der Waals surface area contributed by atoms with E-state index in [1.165, 1.54) is 5.56 Å². The normalized spacial score (nSPS) is 12.9. The molecule has 0 radical (unpaired) electrons. The lowest BCUT2D eigenvalue weighted by atomic mass is 9.99. The lowest BCUT2D eigenvalue weighted by Crippen LogP contribution is -2.16. The molecule has 0 aliphatic carbocycles. The standard InChI is InChI=1S/C10H14BrNO/c1-7-2-8(4-10(11)3-7)9(5-12)6-13/h2-4,9,13H,5-6,12H2,1H3. The van der Waals surface area contributed by atoms with E-state index in [9.17, 15) is 0 Å². The van der Waals surface area contributed by atoms with Gasteiger partial charge in [-0.15, -0.1) is 0 Å². The van der Waals surface area contributed by atoms with E-state index in [1.54, 1.807) is 0 Å². The van der Waals surface area contributed by atoms with Crippen molar-refractivity contribution in [3.05, 3.63) is 33.8 Å². The van der Waals surface area contributed by atoms with Crippen molar-refractivity contribution in [3.63, 3.8) is 0 Å². The maximum absolute atomic E-state index is 9.07. The second-order valence-corrected chi connectivity index (χ2v) is 4.09. The summed E-state index contributed by atoms with van der Waals surface area (Å²) in [6, 6.07) is 6.09. The molecule has 72 valence electrons. The fourth-order valence-electron chi connectivity index (χ4n) is 1.32. The van der Waals surface area contributed by atoms with Gasteiger partial charge in [0, 0.05) is 16.9 Å². The molecule has 0 aromatic heterocycles.